The number of piperidine rings is 2. The van der Waals surface area contributed by atoms with Crippen molar-refractivity contribution in [3.63, 3.8) is 0 Å². The van der Waals surface area contributed by atoms with E-state index < -0.39 is 0 Å². The molecule has 2 atom stereocenters. The Morgan fingerprint density at radius 1 is 1.12 bits per heavy atom. The number of aryl methyl sites for hydroxylation is 1. The number of ether oxygens (including phenoxy) is 3. The SMILES string of the molecule is COC1COCCC1NC1CCN(C(=O)c2ncnc(N3CCC4(CCc5cc(Cl)ccc5O4)CC3)c2C)CC1. The van der Waals surface area contributed by atoms with Crippen LogP contribution in [0.25, 0.3) is 0 Å². The minimum absolute atomic E-state index is 0.000189. The molecule has 5 heterocycles. The van der Waals surface area contributed by atoms with Crippen LogP contribution in [0.2, 0.25) is 5.02 Å². The fraction of sp³-hybridized carbons (Fsp3) is 0.633. The molecule has 1 aromatic heterocycles. The molecule has 1 spiro atoms. The highest BCUT2D eigenvalue weighted by atomic mass is 35.5. The number of nitrogens with one attached hydrogen (secondary N) is 1. The Morgan fingerprint density at radius 3 is 2.70 bits per heavy atom. The highest BCUT2D eigenvalue weighted by Crippen LogP contribution is 2.41. The topological polar surface area (TPSA) is 89.1 Å². The van der Waals surface area contributed by atoms with Gasteiger partial charge in [0.25, 0.3) is 5.91 Å². The lowest BCUT2D eigenvalue weighted by Crippen LogP contribution is -2.54. The summed E-state index contributed by atoms with van der Waals surface area (Å²) in [5.74, 6) is 1.82. The van der Waals surface area contributed by atoms with Crippen LogP contribution in [0.4, 0.5) is 5.82 Å². The lowest BCUT2D eigenvalue weighted by Gasteiger charge is -2.45. The van der Waals surface area contributed by atoms with E-state index in [4.69, 9.17) is 25.8 Å². The lowest BCUT2D eigenvalue weighted by atomic mass is 9.83. The second-order valence-corrected chi connectivity index (χ2v) is 12.1. The van der Waals surface area contributed by atoms with Crippen molar-refractivity contribution in [1.29, 1.82) is 0 Å². The first-order valence-electron chi connectivity index (χ1n) is 14.6. The van der Waals surface area contributed by atoms with Gasteiger partial charge >= 0.3 is 0 Å². The molecular weight excluding hydrogens is 530 g/mol. The zero-order valence-electron chi connectivity index (χ0n) is 23.5. The monoisotopic (exact) mass is 569 g/mol. The zero-order valence-corrected chi connectivity index (χ0v) is 24.3. The molecule has 9 nitrogen and oxygen atoms in total. The molecule has 4 aliphatic heterocycles. The van der Waals surface area contributed by atoms with E-state index in [1.807, 2.05) is 30.0 Å². The molecule has 216 valence electrons. The molecule has 10 heteroatoms. The minimum atomic E-state index is -0.150. The van der Waals surface area contributed by atoms with Crippen LogP contribution in [0.1, 0.15) is 60.1 Å². The van der Waals surface area contributed by atoms with Crippen LogP contribution >= 0.6 is 11.6 Å². The van der Waals surface area contributed by atoms with Gasteiger partial charge in [0.05, 0.1) is 12.7 Å². The standard InChI is InChI=1S/C30H40ClN5O4/c1-20-27(29(37)36-12-6-23(7-13-36)34-24-8-16-39-18-26(24)38-2)32-19-33-28(20)35-14-10-30(11-15-35)9-5-21-17-22(31)3-4-25(21)40-30/h3-4,17,19,23-24,26,34H,5-16,18H2,1-2H3. The van der Waals surface area contributed by atoms with Gasteiger partial charge in [-0.15, -0.1) is 0 Å². The van der Waals surface area contributed by atoms with Gasteiger partial charge in [-0.1, -0.05) is 11.6 Å². The van der Waals surface area contributed by atoms with E-state index in [1.54, 1.807) is 13.4 Å². The summed E-state index contributed by atoms with van der Waals surface area (Å²) in [6.45, 7) is 6.47. The molecule has 2 unspecified atom stereocenters. The highest BCUT2D eigenvalue weighted by Gasteiger charge is 2.40. The predicted octanol–water partition coefficient (Wildman–Crippen LogP) is 3.80. The largest absolute Gasteiger partial charge is 0.487 e. The Hall–Kier alpha value is -2.46. The van der Waals surface area contributed by atoms with Gasteiger partial charge in [0.15, 0.2) is 0 Å². The smallest absolute Gasteiger partial charge is 0.272 e. The first-order chi connectivity index (χ1) is 19.4. The van der Waals surface area contributed by atoms with Crippen LogP contribution in [0, 0.1) is 6.92 Å². The van der Waals surface area contributed by atoms with Gasteiger partial charge in [0, 0.05) is 75.4 Å². The van der Waals surface area contributed by atoms with Gasteiger partial charge in [-0.05, 0) is 62.8 Å². The number of carbonyl (C=O) groups excluding carboxylic acids is 1. The van der Waals surface area contributed by atoms with Crippen molar-refractivity contribution in [2.45, 2.75) is 75.7 Å². The molecule has 1 N–H and O–H groups in total. The number of hydrogen-bond acceptors (Lipinski definition) is 8. The minimum Gasteiger partial charge on any atom is -0.487 e. The summed E-state index contributed by atoms with van der Waals surface area (Å²) in [5, 5.41) is 4.52. The van der Waals surface area contributed by atoms with E-state index >= 15 is 0 Å². The number of amides is 1. The number of anilines is 1. The van der Waals surface area contributed by atoms with Crippen LogP contribution in [0.3, 0.4) is 0 Å². The average Bonchev–Trinajstić information content (AvgIpc) is 2.98. The maximum absolute atomic E-state index is 13.6. The molecule has 1 aromatic carbocycles. The first kappa shape index (κ1) is 27.7. The fourth-order valence-electron chi connectivity index (χ4n) is 6.78. The summed E-state index contributed by atoms with van der Waals surface area (Å²) in [5.41, 5.74) is 2.42. The Kier molecular flexibility index (Phi) is 8.17. The van der Waals surface area contributed by atoms with Crippen LogP contribution in [0.15, 0.2) is 24.5 Å². The number of halogens is 1. The molecule has 3 saturated heterocycles. The predicted molar refractivity (Wildman–Crippen MR) is 153 cm³/mol. The first-order valence-corrected chi connectivity index (χ1v) is 15.0. The number of methoxy groups -OCH3 is 1. The molecule has 4 aliphatic rings. The number of likely N-dealkylation sites (tertiary alicyclic amines) is 1. The van der Waals surface area contributed by atoms with Crippen molar-refractivity contribution in [2.75, 3.05) is 51.4 Å². The van der Waals surface area contributed by atoms with E-state index in [-0.39, 0.29) is 17.6 Å². The molecule has 6 rings (SSSR count). The van der Waals surface area contributed by atoms with E-state index in [0.717, 1.165) is 86.8 Å². The molecule has 40 heavy (non-hydrogen) atoms. The summed E-state index contributed by atoms with van der Waals surface area (Å²) in [7, 11) is 1.75. The van der Waals surface area contributed by atoms with E-state index in [1.165, 1.54) is 5.56 Å². The average molecular weight is 570 g/mol. The van der Waals surface area contributed by atoms with Gasteiger partial charge in [-0.2, -0.15) is 0 Å². The normalized spacial score (nSPS) is 25.0. The third-order valence-electron chi connectivity index (χ3n) is 9.27. The maximum atomic E-state index is 13.6. The molecular formula is C30H40ClN5O4. The van der Waals surface area contributed by atoms with Crippen molar-refractivity contribution >= 4 is 23.3 Å². The molecule has 0 saturated carbocycles. The Bertz CT molecular complexity index is 1210. The third kappa shape index (κ3) is 5.66. The second-order valence-electron chi connectivity index (χ2n) is 11.7. The lowest BCUT2D eigenvalue weighted by molar-refractivity contribution is -0.0533. The Labute approximate surface area is 241 Å². The summed E-state index contributed by atoms with van der Waals surface area (Å²) >= 11 is 6.18. The zero-order chi connectivity index (χ0) is 27.7. The summed E-state index contributed by atoms with van der Waals surface area (Å²) in [6, 6.07) is 6.59. The van der Waals surface area contributed by atoms with Gasteiger partial charge < -0.3 is 29.3 Å². The van der Waals surface area contributed by atoms with Gasteiger partial charge in [0.1, 0.15) is 29.2 Å². The summed E-state index contributed by atoms with van der Waals surface area (Å²) in [6.07, 6.45) is 8.22. The number of carbonyl (C=O) groups is 1. The van der Waals surface area contributed by atoms with Crippen molar-refractivity contribution in [3.8, 4) is 5.75 Å². The summed E-state index contributed by atoms with van der Waals surface area (Å²) in [4.78, 5) is 26.9. The maximum Gasteiger partial charge on any atom is 0.272 e. The van der Waals surface area contributed by atoms with Crippen LogP contribution in [-0.2, 0) is 15.9 Å². The molecule has 2 aromatic rings. The molecule has 3 fully saturated rings. The second kappa shape index (κ2) is 11.8. The number of hydrogen-bond donors (Lipinski definition) is 1. The van der Waals surface area contributed by atoms with Crippen LogP contribution < -0.4 is 15.0 Å². The molecule has 1 amide bonds. The van der Waals surface area contributed by atoms with E-state index in [0.29, 0.717) is 37.5 Å². The fourth-order valence-corrected chi connectivity index (χ4v) is 6.97. The van der Waals surface area contributed by atoms with Crippen LogP contribution in [0.5, 0.6) is 5.75 Å². The number of rotatable bonds is 5. The summed E-state index contributed by atoms with van der Waals surface area (Å²) < 4.78 is 17.7. The van der Waals surface area contributed by atoms with Gasteiger partial charge in [0.2, 0.25) is 0 Å². The number of fused-ring (bicyclic) bond motifs is 1. The van der Waals surface area contributed by atoms with E-state index in [9.17, 15) is 4.79 Å². The van der Waals surface area contributed by atoms with Crippen molar-refractivity contribution in [2.24, 2.45) is 0 Å². The van der Waals surface area contributed by atoms with Crippen molar-refractivity contribution in [3.05, 3.63) is 46.4 Å². The molecule has 0 bridgehead atoms. The third-order valence-corrected chi connectivity index (χ3v) is 9.51. The van der Waals surface area contributed by atoms with Crippen LogP contribution in [-0.4, -0.2) is 91.1 Å². The van der Waals surface area contributed by atoms with Crippen molar-refractivity contribution < 1.29 is 19.0 Å². The number of benzene rings is 1. The number of nitrogens with zero attached hydrogens (tertiary/aromatic N) is 4. The number of aromatic nitrogens is 2. The molecule has 0 aliphatic carbocycles. The van der Waals surface area contributed by atoms with Gasteiger partial charge in [-0.3, -0.25) is 4.79 Å². The van der Waals surface area contributed by atoms with E-state index in [2.05, 4.69) is 20.2 Å². The molecule has 0 radical (unpaired) electrons. The van der Waals surface area contributed by atoms with Crippen molar-refractivity contribution in [1.82, 2.24) is 20.2 Å². The quantitative estimate of drug-likeness (QED) is 0.582. The Balaban J connectivity index is 1.06. The Morgan fingerprint density at radius 2 is 1.93 bits per heavy atom. The van der Waals surface area contributed by atoms with Gasteiger partial charge in [-0.25, -0.2) is 9.97 Å². The highest BCUT2D eigenvalue weighted by molar-refractivity contribution is 6.30.